The molecule has 0 unspecified atom stereocenters. The van der Waals surface area contributed by atoms with Crippen molar-refractivity contribution in [3.05, 3.63) is 35.9 Å². The van der Waals surface area contributed by atoms with Crippen LogP contribution in [0.25, 0.3) is 0 Å². The lowest BCUT2D eigenvalue weighted by molar-refractivity contribution is -0.145. The predicted molar refractivity (Wildman–Crippen MR) is 159 cm³/mol. The lowest BCUT2D eigenvalue weighted by Crippen LogP contribution is -2.56. The topological polar surface area (TPSA) is 180 Å². The maximum atomic E-state index is 14.1. The molecule has 45 heavy (non-hydrogen) atoms. The van der Waals surface area contributed by atoms with Crippen molar-refractivity contribution in [2.24, 2.45) is 5.92 Å². The van der Waals surface area contributed by atoms with E-state index < -0.39 is 59.3 Å². The smallest absolute Gasteiger partial charge is 0.410 e. The van der Waals surface area contributed by atoms with E-state index >= 15 is 0 Å². The second-order valence-electron chi connectivity index (χ2n) is 13.3. The van der Waals surface area contributed by atoms with Gasteiger partial charge < -0.3 is 35.0 Å². The van der Waals surface area contributed by atoms with Gasteiger partial charge in [0.2, 0.25) is 11.8 Å². The van der Waals surface area contributed by atoms with Crippen LogP contribution in [0.3, 0.4) is 0 Å². The number of allylic oxidation sites excluding steroid dienone is 1. The molecule has 1 aromatic heterocycles. The van der Waals surface area contributed by atoms with E-state index in [0.29, 0.717) is 25.8 Å². The lowest BCUT2D eigenvalue weighted by Gasteiger charge is -2.30. The van der Waals surface area contributed by atoms with Crippen LogP contribution in [0.4, 0.5) is 9.59 Å². The van der Waals surface area contributed by atoms with Crippen molar-refractivity contribution in [2.75, 3.05) is 13.1 Å². The first-order chi connectivity index (χ1) is 21.4. The van der Waals surface area contributed by atoms with Crippen LogP contribution in [0, 0.1) is 5.92 Å². The molecule has 3 aliphatic heterocycles. The van der Waals surface area contributed by atoms with Gasteiger partial charge in [-0.2, -0.15) is 0 Å². The highest BCUT2D eigenvalue weighted by molar-refractivity contribution is 5.96. The number of ether oxygens (including phenoxy) is 2. The Kier molecular flexibility index (Phi) is 9.31. The predicted octanol–water partition coefficient (Wildman–Crippen LogP) is 2.31. The van der Waals surface area contributed by atoms with Gasteiger partial charge in [-0.3, -0.25) is 9.59 Å². The van der Waals surface area contributed by atoms with Crippen LogP contribution in [0.1, 0.15) is 77.0 Å². The molecule has 5 atom stereocenters. The summed E-state index contributed by atoms with van der Waals surface area (Å²) >= 11 is 0. The number of aliphatic carboxylic acids is 1. The van der Waals surface area contributed by atoms with E-state index in [1.54, 1.807) is 27.0 Å². The van der Waals surface area contributed by atoms with Gasteiger partial charge in [-0.05, 0) is 46.5 Å². The van der Waals surface area contributed by atoms with Crippen molar-refractivity contribution < 1.29 is 38.6 Å². The number of aromatic nitrogens is 2. The Labute approximate surface area is 261 Å². The quantitative estimate of drug-likeness (QED) is 0.422. The van der Waals surface area contributed by atoms with Gasteiger partial charge >= 0.3 is 18.2 Å². The molecule has 4 aliphatic rings. The van der Waals surface area contributed by atoms with E-state index in [1.165, 1.54) is 16.1 Å². The van der Waals surface area contributed by atoms with Gasteiger partial charge in [0.1, 0.15) is 35.7 Å². The molecule has 0 spiro atoms. The van der Waals surface area contributed by atoms with E-state index in [1.807, 2.05) is 12.2 Å². The minimum absolute atomic E-state index is 0.0216. The number of carboxylic acid groups (broad SMARTS) is 1. The Morgan fingerprint density at radius 2 is 1.98 bits per heavy atom. The second kappa shape index (κ2) is 13.0. The summed E-state index contributed by atoms with van der Waals surface area (Å²) in [4.78, 5) is 77.2. The summed E-state index contributed by atoms with van der Waals surface area (Å²) in [5, 5.41) is 15.4. The highest BCUT2D eigenvalue weighted by Gasteiger charge is 2.61. The minimum atomic E-state index is -1.46. The fourth-order valence-electron chi connectivity index (χ4n) is 6.24. The summed E-state index contributed by atoms with van der Waals surface area (Å²) in [5.41, 5.74) is -0.569. The molecule has 0 radical (unpaired) electrons. The Morgan fingerprint density at radius 3 is 2.73 bits per heavy atom. The maximum Gasteiger partial charge on any atom is 0.410 e. The van der Waals surface area contributed by atoms with E-state index in [2.05, 4.69) is 20.6 Å². The average Bonchev–Trinajstić information content (AvgIpc) is 3.51. The molecule has 1 saturated heterocycles. The monoisotopic (exact) mass is 626 g/mol. The highest BCUT2D eigenvalue weighted by atomic mass is 16.6. The third-order valence-electron chi connectivity index (χ3n) is 8.70. The standard InChI is InChI=1S/C31H42N6O8/c1-30(2,3)45-28(42)34-23-10-8-6-4-5-7-9-20-14-31(20,27(40)41)35-25(38)24-13-21(17-37(24)26(23)39)44-29(43)36-12-11-22-19(16-36)15-32-18-33-22/h7,9,15,18,20-21,23-24H,4-6,8,10-14,16-17H2,1-3H3,(H,34,42)(H,35,38)(H,40,41)/b9-7-/t20-,21+,23-,24-,31+/m0/s1. The third-order valence-corrected chi connectivity index (χ3v) is 8.70. The number of hydrogen-bond donors (Lipinski definition) is 3. The van der Waals surface area contributed by atoms with Crippen LogP contribution in [-0.2, 0) is 36.8 Å². The van der Waals surface area contributed by atoms with E-state index in [4.69, 9.17) is 9.47 Å². The Bertz CT molecular complexity index is 1360. The molecule has 244 valence electrons. The van der Waals surface area contributed by atoms with Crippen LogP contribution in [-0.4, -0.2) is 97.3 Å². The average molecular weight is 627 g/mol. The van der Waals surface area contributed by atoms with Crippen molar-refractivity contribution in [3.63, 3.8) is 0 Å². The number of nitrogens with zero attached hydrogens (tertiary/aromatic N) is 4. The molecule has 0 aromatic carbocycles. The normalized spacial score (nSPS) is 29.5. The molecule has 1 saturated carbocycles. The summed E-state index contributed by atoms with van der Waals surface area (Å²) in [7, 11) is 0. The molecular formula is C31H42N6O8. The number of nitrogens with one attached hydrogen (secondary N) is 2. The molecule has 0 bridgehead atoms. The maximum absolute atomic E-state index is 14.1. The summed E-state index contributed by atoms with van der Waals surface area (Å²) in [6.45, 7) is 5.72. The van der Waals surface area contributed by atoms with Crippen molar-refractivity contribution >= 4 is 30.0 Å². The first kappa shape index (κ1) is 32.2. The number of amides is 4. The number of carbonyl (C=O) groups excluding carboxylic acids is 4. The summed E-state index contributed by atoms with van der Waals surface area (Å²) in [5.74, 6) is -2.67. The number of fused-ring (bicyclic) bond motifs is 3. The largest absolute Gasteiger partial charge is 0.479 e. The summed E-state index contributed by atoms with van der Waals surface area (Å²) in [6, 6.07) is -2.11. The molecule has 1 aliphatic carbocycles. The van der Waals surface area contributed by atoms with Crippen LogP contribution >= 0.6 is 0 Å². The van der Waals surface area contributed by atoms with Crippen LogP contribution in [0.2, 0.25) is 0 Å². The van der Waals surface area contributed by atoms with Gasteiger partial charge in [-0.15, -0.1) is 0 Å². The first-order valence-electron chi connectivity index (χ1n) is 15.6. The van der Waals surface area contributed by atoms with Crippen molar-refractivity contribution in [1.29, 1.82) is 0 Å². The molecule has 5 rings (SSSR count). The van der Waals surface area contributed by atoms with Crippen LogP contribution in [0.15, 0.2) is 24.7 Å². The molecule has 14 heteroatoms. The molecule has 14 nitrogen and oxygen atoms in total. The SMILES string of the molecule is CC(C)(C)OC(=O)N[C@H]1CCCCC/C=C\[C@H]2C[C@@]2(C(=O)O)NC(=O)[C@@H]2C[C@@H](OC(=O)N3CCc4ncncc4C3)CN2C1=O. The molecule has 4 amide bonds. The van der Waals surface area contributed by atoms with Gasteiger partial charge in [-0.25, -0.2) is 24.4 Å². The van der Waals surface area contributed by atoms with Crippen LogP contribution in [0.5, 0.6) is 0 Å². The molecule has 3 N–H and O–H groups in total. The van der Waals surface area contributed by atoms with E-state index in [9.17, 15) is 29.1 Å². The Balaban J connectivity index is 1.36. The fourth-order valence-corrected chi connectivity index (χ4v) is 6.24. The van der Waals surface area contributed by atoms with Gasteiger partial charge in [0.25, 0.3) is 0 Å². The number of carboxylic acids is 1. The lowest BCUT2D eigenvalue weighted by atomic mass is 10.0. The Hall–Kier alpha value is -4.23. The van der Waals surface area contributed by atoms with Gasteiger partial charge in [0.15, 0.2) is 0 Å². The zero-order chi connectivity index (χ0) is 32.4. The van der Waals surface area contributed by atoms with Crippen molar-refractivity contribution in [1.82, 2.24) is 30.4 Å². The molecule has 1 aromatic rings. The van der Waals surface area contributed by atoms with Gasteiger partial charge in [0.05, 0.1) is 18.8 Å². The van der Waals surface area contributed by atoms with E-state index in [0.717, 1.165) is 30.5 Å². The van der Waals surface area contributed by atoms with Crippen LogP contribution < -0.4 is 10.6 Å². The third kappa shape index (κ3) is 7.54. The zero-order valence-electron chi connectivity index (χ0n) is 26.0. The highest BCUT2D eigenvalue weighted by Crippen LogP contribution is 2.45. The van der Waals surface area contributed by atoms with E-state index in [-0.39, 0.29) is 31.8 Å². The molecule has 2 fully saturated rings. The number of hydrogen-bond acceptors (Lipinski definition) is 9. The van der Waals surface area contributed by atoms with Gasteiger partial charge in [0, 0.05) is 37.1 Å². The second-order valence-corrected chi connectivity index (χ2v) is 13.3. The number of rotatable bonds is 3. The summed E-state index contributed by atoms with van der Waals surface area (Å²) in [6.07, 6.45) is 8.75. The first-order valence-corrected chi connectivity index (χ1v) is 15.6. The minimum Gasteiger partial charge on any atom is -0.479 e. The molecule has 4 heterocycles. The molecular weight excluding hydrogens is 584 g/mol. The number of carbonyl (C=O) groups is 5. The number of alkyl carbamates (subject to hydrolysis) is 1. The fraction of sp³-hybridized carbons (Fsp3) is 0.645. The van der Waals surface area contributed by atoms with Crippen molar-refractivity contribution in [3.8, 4) is 0 Å². The van der Waals surface area contributed by atoms with Gasteiger partial charge in [-0.1, -0.05) is 25.0 Å². The van der Waals surface area contributed by atoms with Crippen molar-refractivity contribution in [2.45, 2.75) is 108 Å². The zero-order valence-corrected chi connectivity index (χ0v) is 26.0. The Morgan fingerprint density at radius 1 is 1.18 bits per heavy atom. The summed E-state index contributed by atoms with van der Waals surface area (Å²) < 4.78 is 11.2.